The molecule has 24 heavy (non-hydrogen) atoms. The number of aromatic amines is 1. The fourth-order valence-electron chi connectivity index (χ4n) is 2.55. The maximum atomic E-state index is 11.8. The van der Waals surface area contributed by atoms with Gasteiger partial charge in [0.25, 0.3) is 5.91 Å². The van der Waals surface area contributed by atoms with Crippen LogP contribution in [0.25, 0.3) is 10.9 Å². The first-order chi connectivity index (χ1) is 11.7. The topological polar surface area (TPSA) is 74.0 Å². The molecule has 2 amide bonds. The van der Waals surface area contributed by atoms with Crippen LogP contribution >= 0.6 is 11.3 Å². The zero-order valence-electron chi connectivity index (χ0n) is 13.2. The average Bonchev–Trinajstić information content (AvgIpc) is 3.25. The lowest BCUT2D eigenvalue weighted by Crippen LogP contribution is -2.31. The van der Waals surface area contributed by atoms with Gasteiger partial charge in [0.2, 0.25) is 5.91 Å². The van der Waals surface area contributed by atoms with Crippen LogP contribution in [0.4, 0.5) is 0 Å². The highest BCUT2D eigenvalue weighted by molar-refractivity contribution is 7.12. The van der Waals surface area contributed by atoms with Gasteiger partial charge in [-0.15, -0.1) is 11.3 Å². The first-order valence-corrected chi connectivity index (χ1v) is 8.75. The number of hydrogen-bond donors (Lipinski definition) is 3. The number of hydrogen-bond acceptors (Lipinski definition) is 3. The van der Waals surface area contributed by atoms with Crippen molar-refractivity contribution >= 4 is 34.1 Å². The van der Waals surface area contributed by atoms with Gasteiger partial charge in [0.15, 0.2) is 0 Å². The Morgan fingerprint density at radius 3 is 2.75 bits per heavy atom. The Bertz CT molecular complexity index is 824. The molecule has 0 saturated carbocycles. The molecular formula is C18H19N3O2S. The molecule has 0 saturated heterocycles. The van der Waals surface area contributed by atoms with Crippen molar-refractivity contribution in [3.8, 4) is 0 Å². The van der Waals surface area contributed by atoms with Crippen LogP contribution in [0, 0.1) is 0 Å². The van der Waals surface area contributed by atoms with E-state index in [2.05, 4.69) is 21.7 Å². The quantitative estimate of drug-likeness (QED) is 0.618. The molecule has 0 bridgehead atoms. The van der Waals surface area contributed by atoms with Crippen molar-refractivity contribution in [1.29, 1.82) is 0 Å². The van der Waals surface area contributed by atoms with Crippen molar-refractivity contribution in [2.45, 2.75) is 12.8 Å². The summed E-state index contributed by atoms with van der Waals surface area (Å²) in [5, 5.41) is 8.69. The number of rotatable bonds is 7. The van der Waals surface area contributed by atoms with Gasteiger partial charge in [-0.1, -0.05) is 24.3 Å². The molecule has 0 aliphatic heterocycles. The second kappa shape index (κ2) is 7.79. The molecule has 0 atom stereocenters. The first-order valence-electron chi connectivity index (χ1n) is 7.87. The number of carbonyl (C=O) groups excluding carboxylic acids is 2. The number of thiophene rings is 1. The predicted octanol–water partition coefficient (Wildman–Crippen LogP) is 2.71. The second-order valence-electron chi connectivity index (χ2n) is 5.44. The molecule has 3 N–H and O–H groups in total. The van der Waals surface area contributed by atoms with Gasteiger partial charge in [-0.25, -0.2) is 0 Å². The number of amides is 2. The summed E-state index contributed by atoms with van der Waals surface area (Å²) in [6, 6.07) is 11.7. The van der Waals surface area contributed by atoms with Gasteiger partial charge in [-0.3, -0.25) is 9.59 Å². The molecule has 0 spiro atoms. The first kappa shape index (κ1) is 16.3. The normalized spacial score (nSPS) is 10.7. The number of H-pyrrole nitrogens is 1. The number of para-hydroxylation sites is 1. The standard InChI is InChI=1S/C18H19N3O2S/c22-17(8-10-20-18(23)16-6-3-11-24-16)19-9-7-13-12-21-15-5-2-1-4-14(13)15/h1-6,11-12,21H,7-10H2,(H,19,22)(H,20,23). The maximum Gasteiger partial charge on any atom is 0.261 e. The van der Waals surface area contributed by atoms with Gasteiger partial charge >= 0.3 is 0 Å². The Morgan fingerprint density at radius 2 is 1.92 bits per heavy atom. The Hall–Kier alpha value is -2.60. The zero-order valence-corrected chi connectivity index (χ0v) is 14.0. The van der Waals surface area contributed by atoms with Crippen molar-refractivity contribution in [2.24, 2.45) is 0 Å². The average molecular weight is 341 g/mol. The second-order valence-corrected chi connectivity index (χ2v) is 6.39. The van der Waals surface area contributed by atoms with E-state index in [-0.39, 0.29) is 18.2 Å². The molecule has 2 aromatic heterocycles. The Balaban J connectivity index is 1.37. The number of aromatic nitrogens is 1. The minimum absolute atomic E-state index is 0.0543. The molecule has 0 radical (unpaired) electrons. The molecule has 3 rings (SSSR count). The van der Waals surface area contributed by atoms with Gasteiger partial charge in [-0.2, -0.15) is 0 Å². The summed E-state index contributed by atoms with van der Waals surface area (Å²) in [7, 11) is 0. The van der Waals surface area contributed by atoms with Gasteiger partial charge < -0.3 is 15.6 Å². The van der Waals surface area contributed by atoms with Crippen LogP contribution in [0.1, 0.15) is 21.7 Å². The van der Waals surface area contributed by atoms with E-state index in [0.29, 0.717) is 18.0 Å². The van der Waals surface area contributed by atoms with E-state index in [0.717, 1.165) is 11.9 Å². The third kappa shape index (κ3) is 4.02. The van der Waals surface area contributed by atoms with Gasteiger partial charge in [0, 0.05) is 36.6 Å². The Kier molecular flexibility index (Phi) is 5.28. The van der Waals surface area contributed by atoms with Crippen LogP contribution in [-0.4, -0.2) is 29.9 Å². The Labute approximate surface area is 144 Å². The van der Waals surface area contributed by atoms with Crippen molar-refractivity contribution < 1.29 is 9.59 Å². The lowest BCUT2D eigenvalue weighted by molar-refractivity contribution is -0.120. The molecular weight excluding hydrogens is 322 g/mol. The Morgan fingerprint density at radius 1 is 1.04 bits per heavy atom. The van der Waals surface area contributed by atoms with Crippen LogP contribution in [0.2, 0.25) is 0 Å². The largest absolute Gasteiger partial charge is 0.361 e. The lowest BCUT2D eigenvalue weighted by Gasteiger charge is -2.06. The fraction of sp³-hybridized carbons (Fsp3) is 0.222. The zero-order chi connectivity index (χ0) is 16.8. The summed E-state index contributed by atoms with van der Waals surface area (Å²) in [6.07, 6.45) is 3.04. The third-order valence-electron chi connectivity index (χ3n) is 3.77. The van der Waals surface area contributed by atoms with E-state index >= 15 is 0 Å². The molecule has 1 aromatic carbocycles. The molecule has 0 aliphatic rings. The van der Waals surface area contributed by atoms with E-state index in [4.69, 9.17) is 0 Å². The maximum absolute atomic E-state index is 11.8. The monoisotopic (exact) mass is 341 g/mol. The molecule has 0 aliphatic carbocycles. The van der Waals surface area contributed by atoms with Gasteiger partial charge in [-0.05, 0) is 29.5 Å². The fourth-order valence-corrected chi connectivity index (χ4v) is 3.19. The van der Waals surface area contributed by atoms with Crippen LogP contribution in [0.3, 0.4) is 0 Å². The number of fused-ring (bicyclic) bond motifs is 1. The van der Waals surface area contributed by atoms with Crippen molar-refractivity contribution in [2.75, 3.05) is 13.1 Å². The predicted molar refractivity (Wildman–Crippen MR) is 96.3 cm³/mol. The molecule has 0 unspecified atom stereocenters. The van der Waals surface area contributed by atoms with Crippen LogP contribution in [0.5, 0.6) is 0 Å². The van der Waals surface area contributed by atoms with E-state index in [1.54, 1.807) is 6.07 Å². The molecule has 2 heterocycles. The van der Waals surface area contributed by atoms with Crippen molar-refractivity contribution in [3.63, 3.8) is 0 Å². The SMILES string of the molecule is O=C(CCNC(=O)c1cccs1)NCCc1c[nH]c2ccccc12. The van der Waals surface area contributed by atoms with E-state index in [1.165, 1.54) is 22.3 Å². The summed E-state index contributed by atoms with van der Waals surface area (Å²) in [5.74, 6) is -0.182. The van der Waals surface area contributed by atoms with Crippen LogP contribution in [0.15, 0.2) is 48.0 Å². The van der Waals surface area contributed by atoms with Crippen LogP contribution < -0.4 is 10.6 Å². The lowest BCUT2D eigenvalue weighted by atomic mass is 10.1. The number of nitrogens with one attached hydrogen (secondary N) is 3. The van der Waals surface area contributed by atoms with E-state index in [1.807, 2.05) is 35.8 Å². The third-order valence-corrected chi connectivity index (χ3v) is 4.64. The summed E-state index contributed by atoms with van der Waals surface area (Å²) in [5.41, 5.74) is 2.30. The molecule has 3 aromatic rings. The molecule has 0 fully saturated rings. The minimum atomic E-state index is -0.128. The minimum Gasteiger partial charge on any atom is -0.361 e. The highest BCUT2D eigenvalue weighted by Crippen LogP contribution is 2.17. The van der Waals surface area contributed by atoms with Crippen molar-refractivity contribution in [3.05, 3.63) is 58.4 Å². The molecule has 124 valence electrons. The summed E-state index contributed by atoms with van der Waals surface area (Å²) < 4.78 is 0. The number of benzene rings is 1. The summed E-state index contributed by atoms with van der Waals surface area (Å²) in [6.45, 7) is 0.926. The van der Waals surface area contributed by atoms with Crippen molar-refractivity contribution in [1.82, 2.24) is 15.6 Å². The summed E-state index contributed by atoms with van der Waals surface area (Å²) in [4.78, 5) is 27.5. The molecule has 5 nitrogen and oxygen atoms in total. The van der Waals surface area contributed by atoms with Crippen LogP contribution in [-0.2, 0) is 11.2 Å². The highest BCUT2D eigenvalue weighted by Gasteiger charge is 2.07. The highest BCUT2D eigenvalue weighted by atomic mass is 32.1. The van der Waals surface area contributed by atoms with Gasteiger partial charge in [0.1, 0.15) is 0 Å². The van der Waals surface area contributed by atoms with E-state index < -0.39 is 0 Å². The van der Waals surface area contributed by atoms with E-state index in [9.17, 15) is 9.59 Å². The van der Waals surface area contributed by atoms with Gasteiger partial charge in [0.05, 0.1) is 4.88 Å². The summed E-state index contributed by atoms with van der Waals surface area (Å²) >= 11 is 1.39. The number of carbonyl (C=O) groups is 2. The molecule has 6 heteroatoms. The smallest absolute Gasteiger partial charge is 0.261 e.